The Kier molecular flexibility index (Phi) is 4.99. The van der Waals surface area contributed by atoms with Gasteiger partial charge in [0.05, 0.1) is 19.1 Å². The third kappa shape index (κ3) is 3.67. The van der Waals surface area contributed by atoms with Crippen LogP contribution in [0.5, 0.6) is 0 Å². The number of rotatable bonds is 2. The molecule has 0 spiro atoms. The Balaban J connectivity index is 1.64. The van der Waals surface area contributed by atoms with Crippen LogP contribution >= 0.6 is 0 Å². The van der Waals surface area contributed by atoms with E-state index in [0.29, 0.717) is 32.8 Å². The second kappa shape index (κ2) is 7.17. The Bertz CT molecular complexity index is 608. The lowest BCUT2D eigenvalue weighted by molar-refractivity contribution is -0.144. The number of morpholine rings is 1. The molecule has 0 aromatic heterocycles. The summed E-state index contributed by atoms with van der Waals surface area (Å²) in [5, 5.41) is 0. The van der Waals surface area contributed by atoms with Crippen LogP contribution in [0, 0.1) is 11.7 Å². The van der Waals surface area contributed by atoms with Crippen molar-refractivity contribution in [2.24, 2.45) is 11.7 Å². The van der Waals surface area contributed by atoms with Gasteiger partial charge >= 0.3 is 6.03 Å². The van der Waals surface area contributed by atoms with E-state index in [-0.39, 0.29) is 23.7 Å². The number of nitrogens with zero attached hydrogens (tertiary/aromatic N) is 2. The molecule has 3 amide bonds. The molecule has 6 nitrogen and oxygen atoms in total. The first-order chi connectivity index (χ1) is 11.5. The monoisotopic (exact) mass is 335 g/mol. The zero-order valence-corrected chi connectivity index (χ0v) is 13.5. The highest BCUT2D eigenvalue weighted by atomic mass is 19.1. The average molecular weight is 335 g/mol. The largest absolute Gasteiger partial charge is 0.370 e. The molecule has 0 aliphatic carbocycles. The van der Waals surface area contributed by atoms with E-state index in [2.05, 4.69) is 0 Å². The van der Waals surface area contributed by atoms with Crippen molar-refractivity contribution in [1.82, 2.24) is 9.80 Å². The maximum atomic E-state index is 13.1. The minimum absolute atomic E-state index is 0.0383. The van der Waals surface area contributed by atoms with Gasteiger partial charge in [0.15, 0.2) is 0 Å². The van der Waals surface area contributed by atoms with Crippen LogP contribution in [0.1, 0.15) is 24.5 Å². The van der Waals surface area contributed by atoms with Crippen LogP contribution in [-0.4, -0.2) is 54.5 Å². The number of hydrogen-bond acceptors (Lipinski definition) is 3. The number of hydrogen-bond donors (Lipinski definition) is 1. The number of piperidine rings is 1. The number of likely N-dealkylation sites (tertiary alicyclic amines) is 1. The molecule has 2 saturated heterocycles. The number of primary amides is 1. The predicted octanol–water partition coefficient (Wildman–Crippen LogP) is 1.52. The van der Waals surface area contributed by atoms with Crippen molar-refractivity contribution in [3.05, 3.63) is 35.6 Å². The van der Waals surface area contributed by atoms with E-state index < -0.39 is 6.03 Å². The maximum Gasteiger partial charge on any atom is 0.314 e. The van der Waals surface area contributed by atoms with E-state index in [1.807, 2.05) is 0 Å². The van der Waals surface area contributed by atoms with E-state index >= 15 is 0 Å². The second-order valence-electron chi connectivity index (χ2n) is 6.32. The van der Waals surface area contributed by atoms with Gasteiger partial charge in [-0.1, -0.05) is 12.1 Å². The van der Waals surface area contributed by atoms with Crippen LogP contribution in [0.3, 0.4) is 0 Å². The van der Waals surface area contributed by atoms with Crippen molar-refractivity contribution in [2.45, 2.75) is 18.9 Å². The second-order valence-corrected chi connectivity index (χ2v) is 6.32. The number of ether oxygens (including phenoxy) is 1. The first-order valence-corrected chi connectivity index (χ1v) is 8.25. The fourth-order valence-corrected chi connectivity index (χ4v) is 3.37. The summed E-state index contributed by atoms with van der Waals surface area (Å²) < 4.78 is 18.8. The average Bonchev–Trinajstić information content (AvgIpc) is 2.62. The van der Waals surface area contributed by atoms with Gasteiger partial charge in [-0.15, -0.1) is 0 Å². The summed E-state index contributed by atoms with van der Waals surface area (Å²) in [6.07, 6.45) is 1.30. The molecule has 0 unspecified atom stereocenters. The normalized spacial score (nSPS) is 24.7. The predicted molar refractivity (Wildman–Crippen MR) is 85.6 cm³/mol. The summed E-state index contributed by atoms with van der Waals surface area (Å²) in [4.78, 5) is 27.4. The molecule has 7 heteroatoms. The minimum atomic E-state index is -0.473. The van der Waals surface area contributed by atoms with Crippen LogP contribution in [0.25, 0.3) is 0 Å². The summed E-state index contributed by atoms with van der Waals surface area (Å²) in [6.45, 7) is 2.41. The molecule has 130 valence electrons. The van der Waals surface area contributed by atoms with Gasteiger partial charge in [0, 0.05) is 19.6 Å². The molecule has 2 aliphatic rings. The Morgan fingerprint density at radius 3 is 2.58 bits per heavy atom. The third-order valence-electron chi connectivity index (χ3n) is 4.70. The highest BCUT2D eigenvalue weighted by Gasteiger charge is 2.33. The quantitative estimate of drug-likeness (QED) is 0.890. The molecule has 24 heavy (non-hydrogen) atoms. The highest BCUT2D eigenvalue weighted by Crippen LogP contribution is 2.25. The summed E-state index contributed by atoms with van der Waals surface area (Å²) in [7, 11) is 0. The molecule has 0 saturated carbocycles. The molecule has 2 N–H and O–H groups in total. The van der Waals surface area contributed by atoms with Gasteiger partial charge < -0.3 is 20.3 Å². The van der Waals surface area contributed by atoms with Gasteiger partial charge in [0.1, 0.15) is 11.9 Å². The van der Waals surface area contributed by atoms with Crippen LogP contribution < -0.4 is 5.73 Å². The van der Waals surface area contributed by atoms with Crippen molar-refractivity contribution in [3.63, 3.8) is 0 Å². The van der Waals surface area contributed by atoms with Gasteiger partial charge in [-0.2, -0.15) is 0 Å². The van der Waals surface area contributed by atoms with Gasteiger partial charge in [0.25, 0.3) is 0 Å². The summed E-state index contributed by atoms with van der Waals surface area (Å²) in [6, 6.07) is 5.68. The van der Waals surface area contributed by atoms with Gasteiger partial charge in [-0.25, -0.2) is 9.18 Å². The molecule has 2 fully saturated rings. The van der Waals surface area contributed by atoms with Crippen molar-refractivity contribution >= 4 is 11.9 Å². The number of benzene rings is 1. The highest BCUT2D eigenvalue weighted by molar-refractivity contribution is 5.80. The molecule has 1 aromatic carbocycles. The van der Waals surface area contributed by atoms with E-state index in [4.69, 9.17) is 10.5 Å². The molecule has 2 heterocycles. The standard InChI is InChI=1S/C17H22FN3O3/c18-14-5-3-12(4-6-14)15-11-20(8-9-24-15)16(22)13-2-1-7-21(10-13)17(19)23/h3-6,13,15H,1-2,7-11H2,(H2,19,23)/t13-,15-/m0/s1. The lowest BCUT2D eigenvalue weighted by atomic mass is 9.96. The smallest absolute Gasteiger partial charge is 0.314 e. The van der Waals surface area contributed by atoms with Gasteiger partial charge in [-0.05, 0) is 30.5 Å². The number of amides is 3. The van der Waals surface area contributed by atoms with Crippen molar-refractivity contribution in [1.29, 1.82) is 0 Å². The SMILES string of the molecule is NC(=O)N1CCC[C@H](C(=O)N2CCO[C@H](c3ccc(F)cc3)C2)C1. The van der Waals surface area contributed by atoms with Crippen LogP contribution in [0.15, 0.2) is 24.3 Å². The molecular weight excluding hydrogens is 313 g/mol. The first kappa shape index (κ1) is 16.7. The first-order valence-electron chi connectivity index (χ1n) is 8.25. The van der Waals surface area contributed by atoms with Gasteiger partial charge in [0.2, 0.25) is 5.91 Å². The van der Waals surface area contributed by atoms with Crippen molar-refractivity contribution < 1.29 is 18.7 Å². The van der Waals surface area contributed by atoms with Crippen LogP contribution in [-0.2, 0) is 9.53 Å². The van der Waals surface area contributed by atoms with E-state index in [9.17, 15) is 14.0 Å². The lowest BCUT2D eigenvalue weighted by Gasteiger charge is -2.38. The van der Waals surface area contributed by atoms with Crippen molar-refractivity contribution in [3.8, 4) is 0 Å². The topological polar surface area (TPSA) is 75.9 Å². The van der Waals surface area contributed by atoms with Gasteiger partial charge in [-0.3, -0.25) is 4.79 Å². The summed E-state index contributed by atoms with van der Waals surface area (Å²) in [5.74, 6) is -0.467. The Morgan fingerprint density at radius 1 is 1.12 bits per heavy atom. The molecular formula is C17H22FN3O3. The molecule has 0 radical (unpaired) electrons. The molecule has 2 atom stereocenters. The summed E-state index contributed by atoms with van der Waals surface area (Å²) >= 11 is 0. The third-order valence-corrected chi connectivity index (χ3v) is 4.70. The number of carbonyl (C=O) groups is 2. The van der Waals surface area contributed by atoms with Crippen LogP contribution in [0.4, 0.5) is 9.18 Å². The fraction of sp³-hybridized carbons (Fsp3) is 0.529. The Morgan fingerprint density at radius 2 is 1.88 bits per heavy atom. The van der Waals surface area contributed by atoms with Crippen molar-refractivity contribution in [2.75, 3.05) is 32.8 Å². The fourth-order valence-electron chi connectivity index (χ4n) is 3.37. The molecule has 3 rings (SSSR count). The van der Waals surface area contributed by atoms with E-state index in [1.165, 1.54) is 17.0 Å². The number of nitrogens with two attached hydrogens (primary N) is 1. The summed E-state index contributed by atoms with van der Waals surface area (Å²) in [5.41, 5.74) is 6.19. The Labute approximate surface area is 140 Å². The molecule has 0 bridgehead atoms. The molecule has 1 aromatic rings. The minimum Gasteiger partial charge on any atom is -0.370 e. The number of halogens is 1. The maximum absolute atomic E-state index is 13.1. The zero-order chi connectivity index (χ0) is 17.1. The Hall–Kier alpha value is -2.15. The number of carbonyl (C=O) groups excluding carboxylic acids is 2. The molecule has 2 aliphatic heterocycles. The van der Waals surface area contributed by atoms with E-state index in [0.717, 1.165) is 18.4 Å². The zero-order valence-electron chi connectivity index (χ0n) is 13.5. The lowest BCUT2D eigenvalue weighted by Crippen LogP contribution is -2.51. The van der Waals surface area contributed by atoms with Crippen LogP contribution in [0.2, 0.25) is 0 Å². The van der Waals surface area contributed by atoms with E-state index in [1.54, 1.807) is 17.0 Å². The number of urea groups is 1.